The molecule has 1 aliphatic rings. The number of anilines is 2. The van der Waals surface area contributed by atoms with Crippen LogP contribution in [0.15, 0.2) is 42.7 Å². The minimum atomic E-state index is -0.695. The van der Waals surface area contributed by atoms with Crippen molar-refractivity contribution < 1.29 is 18.7 Å². The Bertz CT molecular complexity index is 1550. The number of aromatic nitrogens is 4. The van der Waals surface area contributed by atoms with E-state index in [-0.39, 0.29) is 18.4 Å². The molecular weight excluding hydrogens is 521 g/mol. The number of nitrogens with one attached hydrogen (secondary N) is 2. The largest absolute Gasteiger partial charge is 0.497 e. The molecule has 0 saturated carbocycles. The van der Waals surface area contributed by atoms with Crippen LogP contribution in [0.25, 0.3) is 10.6 Å². The van der Waals surface area contributed by atoms with Gasteiger partial charge in [-0.25, -0.2) is 14.4 Å². The van der Waals surface area contributed by atoms with Crippen LogP contribution >= 0.6 is 11.3 Å². The van der Waals surface area contributed by atoms with Gasteiger partial charge < -0.3 is 20.3 Å². The van der Waals surface area contributed by atoms with Crippen LogP contribution in [0.5, 0.6) is 5.75 Å². The van der Waals surface area contributed by atoms with Gasteiger partial charge >= 0.3 is 0 Å². The summed E-state index contributed by atoms with van der Waals surface area (Å²) in [5, 5.41) is 10.1. The summed E-state index contributed by atoms with van der Waals surface area (Å²) in [6, 6.07) is 7.25. The van der Waals surface area contributed by atoms with Crippen molar-refractivity contribution in [2.45, 2.75) is 32.9 Å². The summed E-state index contributed by atoms with van der Waals surface area (Å²) in [7, 11) is 3.28. The molecule has 0 spiro atoms. The Morgan fingerprint density at radius 1 is 1.28 bits per heavy atom. The normalized spacial score (nSPS) is 13.7. The fraction of sp³-hybridized carbons (Fsp3) is 0.296. The molecule has 0 radical (unpaired) electrons. The molecule has 1 aromatic carbocycles. The SMILES string of the molecule is COc1cc(F)cc(CNC(=O)[C@H](C)N2CCc3sc(-c4nc(Nc5ccnn5C)ncc4C)cc3C2=O)c1. The second-order valence-corrected chi connectivity index (χ2v) is 10.4. The van der Waals surface area contributed by atoms with Crippen molar-refractivity contribution in [2.75, 3.05) is 19.0 Å². The number of rotatable bonds is 8. The monoisotopic (exact) mass is 549 g/mol. The highest BCUT2D eigenvalue weighted by atomic mass is 32.1. The Morgan fingerprint density at radius 3 is 2.85 bits per heavy atom. The summed E-state index contributed by atoms with van der Waals surface area (Å²) < 4.78 is 20.6. The highest BCUT2D eigenvalue weighted by Crippen LogP contribution is 2.36. The van der Waals surface area contributed by atoms with E-state index in [4.69, 9.17) is 9.72 Å². The summed E-state index contributed by atoms with van der Waals surface area (Å²) in [5.41, 5.74) is 2.77. The third kappa shape index (κ3) is 5.46. The van der Waals surface area contributed by atoms with Crippen LogP contribution in [-0.2, 0) is 24.8 Å². The zero-order chi connectivity index (χ0) is 27.7. The third-order valence-electron chi connectivity index (χ3n) is 6.63. The molecule has 4 heterocycles. The number of methoxy groups -OCH3 is 1. The van der Waals surface area contributed by atoms with Gasteiger partial charge in [-0.2, -0.15) is 5.10 Å². The van der Waals surface area contributed by atoms with Crippen LogP contribution in [0.3, 0.4) is 0 Å². The molecule has 0 fully saturated rings. The maximum absolute atomic E-state index is 13.8. The molecule has 1 aliphatic heterocycles. The van der Waals surface area contributed by atoms with E-state index < -0.39 is 11.9 Å². The lowest BCUT2D eigenvalue weighted by Crippen LogP contribution is -2.50. The number of aryl methyl sites for hydroxylation is 2. The van der Waals surface area contributed by atoms with Crippen molar-refractivity contribution in [1.29, 1.82) is 0 Å². The first-order valence-electron chi connectivity index (χ1n) is 12.4. The van der Waals surface area contributed by atoms with Gasteiger partial charge in [-0.3, -0.25) is 14.3 Å². The average Bonchev–Trinajstić information content (AvgIpc) is 3.54. The van der Waals surface area contributed by atoms with Gasteiger partial charge in [0.2, 0.25) is 11.9 Å². The van der Waals surface area contributed by atoms with Crippen LogP contribution in [0.1, 0.15) is 33.3 Å². The van der Waals surface area contributed by atoms with Crippen molar-refractivity contribution in [3.8, 4) is 16.3 Å². The third-order valence-corrected chi connectivity index (χ3v) is 7.83. The smallest absolute Gasteiger partial charge is 0.255 e. The molecule has 39 heavy (non-hydrogen) atoms. The minimum Gasteiger partial charge on any atom is -0.497 e. The average molecular weight is 550 g/mol. The van der Waals surface area contributed by atoms with E-state index in [2.05, 4.69) is 20.7 Å². The number of hydrogen-bond acceptors (Lipinski definition) is 8. The summed E-state index contributed by atoms with van der Waals surface area (Å²) in [4.78, 5) is 38.8. The Morgan fingerprint density at radius 2 is 2.10 bits per heavy atom. The number of thiophene rings is 1. The van der Waals surface area contributed by atoms with Crippen LogP contribution in [-0.4, -0.2) is 56.2 Å². The van der Waals surface area contributed by atoms with Gasteiger partial charge in [0.1, 0.15) is 23.4 Å². The predicted octanol–water partition coefficient (Wildman–Crippen LogP) is 3.84. The fourth-order valence-electron chi connectivity index (χ4n) is 4.44. The molecule has 0 aliphatic carbocycles. The van der Waals surface area contributed by atoms with Crippen LogP contribution < -0.4 is 15.4 Å². The molecule has 202 valence electrons. The first-order chi connectivity index (χ1) is 18.7. The molecule has 4 aromatic rings. The highest BCUT2D eigenvalue weighted by Gasteiger charge is 2.33. The lowest BCUT2D eigenvalue weighted by atomic mass is 10.0. The molecule has 3 aromatic heterocycles. The molecule has 5 rings (SSSR count). The second-order valence-electron chi connectivity index (χ2n) is 9.28. The first kappa shape index (κ1) is 26.3. The standard InChI is InChI=1S/C27H28FN7O3S/c1-15-13-30-27(32-23-5-7-31-34(23)3)33-24(15)22-12-20-21(39-22)6-8-35(26(20)37)16(2)25(36)29-14-17-9-18(28)11-19(10-17)38-4/h5,7,9-13,16H,6,8,14H2,1-4H3,(H,29,36)(H,30,32,33)/t16-/m0/s1. The molecule has 0 saturated heterocycles. The van der Waals surface area contributed by atoms with Gasteiger partial charge in [0, 0.05) is 49.8 Å². The molecule has 2 amide bonds. The van der Waals surface area contributed by atoms with Gasteiger partial charge in [0.05, 0.1) is 29.4 Å². The number of amides is 2. The van der Waals surface area contributed by atoms with Gasteiger partial charge in [0.15, 0.2) is 0 Å². The molecule has 0 unspecified atom stereocenters. The molecule has 0 bridgehead atoms. The lowest BCUT2D eigenvalue weighted by Gasteiger charge is -2.31. The number of benzene rings is 1. The minimum absolute atomic E-state index is 0.120. The summed E-state index contributed by atoms with van der Waals surface area (Å²) in [6.07, 6.45) is 4.06. The maximum atomic E-state index is 13.8. The van der Waals surface area contributed by atoms with Crippen molar-refractivity contribution >= 4 is 34.9 Å². The molecular formula is C27H28FN7O3S. The summed E-state index contributed by atoms with van der Waals surface area (Å²) in [5.74, 6) is 0.594. The van der Waals surface area contributed by atoms with E-state index in [1.165, 1.54) is 30.6 Å². The maximum Gasteiger partial charge on any atom is 0.255 e. The number of carbonyl (C=O) groups excluding carboxylic acids is 2. The Balaban J connectivity index is 1.30. The molecule has 10 nitrogen and oxygen atoms in total. The van der Waals surface area contributed by atoms with E-state index in [0.717, 1.165) is 26.8 Å². The van der Waals surface area contributed by atoms with Crippen LogP contribution in [0.2, 0.25) is 0 Å². The van der Waals surface area contributed by atoms with Gasteiger partial charge in [-0.1, -0.05) is 0 Å². The zero-order valence-electron chi connectivity index (χ0n) is 22.0. The van der Waals surface area contributed by atoms with Crippen molar-refractivity contribution in [1.82, 2.24) is 30.0 Å². The van der Waals surface area contributed by atoms with E-state index in [0.29, 0.717) is 35.8 Å². The van der Waals surface area contributed by atoms with E-state index in [1.54, 1.807) is 35.0 Å². The number of nitrogens with zero attached hydrogens (tertiary/aromatic N) is 5. The molecule has 12 heteroatoms. The predicted molar refractivity (Wildman–Crippen MR) is 146 cm³/mol. The topological polar surface area (TPSA) is 114 Å². The van der Waals surface area contributed by atoms with E-state index in [9.17, 15) is 14.0 Å². The highest BCUT2D eigenvalue weighted by molar-refractivity contribution is 7.15. The molecule has 1 atom stereocenters. The Kier molecular flexibility index (Phi) is 7.29. The number of halogens is 1. The summed E-state index contributed by atoms with van der Waals surface area (Å²) >= 11 is 1.53. The summed E-state index contributed by atoms with van der Waals surface area (Å²) in [6.45, 7) is 4.17. The zero-order valence-corrected chi connectivity index (χ0v) is 22.8. The number of hydrogen-bond donors (Lipinski definition) is 2. The fourth-order valence-corrected chi connectivity index (χ4v) is 5.64. The van der Waals surface area contributed by atoms with Gasteiger partial charge in [-0.15, -0.1) is 11.3 Å². The number of fused-ring (bicyclic) bond motifs is 1. The van der Waals surface area contributed by atoms with E-state index >= 15 is 0 Å². The first-order valence-corrected chi connectivity index (χ1v) is 13.2. The Hall–Kier alpha value is -4.32. The Labute approximate surface area is 228 Å². The number of carbonyl (C=O) groups is 2. The second kappa shape index (κ2) is 10.8. The van der Waals surface area contributed by atoms with Gasteiger partial charge in [0.25, 0.3) is 5.91 Å². The number of ether oxygens (including phenoxy) is 1. The van der Waals surface area contributed by atoms with Crippen LogP contribution in [0, 0.1) is 12.7 Å². The van der Waals surface area contributed by atoms with Gasteiger partial charge in [-0.05, 0) is 43.2 Å². The van der Waals surface area contributed by atoms with Crippen LogP contribution in [0.4, 0.5) is 16.2 Å². The lowest BCUT2D eigenvalue weighted by molar-refractivity contribution is -0.125. The van der Waals surface area contributed by atoms with Crippen molar-refractivity contribution in [3.05, 3.63) is 70.1 Å². The van der Waals surface area contributed by atoms with Crippen molar-refractivity contribution in [3.63, 3.8) is 0 Å². The van der Waals surface area contributed by atoms with Crippen molar-refractivity contribution in [2.24, 2.45) is 7.05 Å². The van der Waals surface area contributed by atoms with E-state index in [1.807, 2.05) is 26.1 Å². The molecule has 2 N–H and O–H groups in total. The quantitative estimate of drug-likeness (QED) is 0.343.